The monoisotopic (exact) mass is 281 g/mol. The molecule has 17 heavy (non-hydrogen) atoms. The summed E-state index contributed by atoms with van der Waals surface area (Å²) in [5.74, 6) is -2.69. The molecule has 0 bridgehead atoms. The second-order valence-electron chi connectivity index (χ2n) is 3.19. The highest BCUT2D eigenvalue weighted by atomic mass is 35.5. The lowest BCUT2D eigenvalue weighted by atomic mass is 10.3. The molecule has 0 aromatic heterocycles. The molecule has 94 valence electrons. The van der Waals surface area contributed by atoms with Gasteiger partial charge in [0.15, 0.2) is 0 Å². The summed E-state index contributed by atoms with van der Waals surface area (Å²) < 4.78 is 37.9. The van der Waals surface area contributed by atoms with Gasteiger partial charge in [0.05, 0.1) is 17.9 Å². The maximum absolute atomic E-state index is 13.3. The summed E-state index contributed by atoms with van der Waals surface area (Å²) in [4.78, 5) is 10.2. The van der Waals surface area contributed by atoms with Crippen LogP contribution in [0.1, 0.15) is 6.42 Å². The van der Waals surface area contributed by atoms with E-state index in [1.165, 1.54) is 6.07 Å². The minimum atomic E-state index is -3.88. The molecule has 1 aromatic rings. The highest BCUT2D eigenvalue weighted by Gasteiger charge is 2.15. The Morgan fingerprint density at radius 1 is 1.47 bits per heavy atom. The molecule has 0 spiro atoms. The van der Waals surface area contributed by atoms with E-state index in [0.717, 1.165) is 12.1 Å². The number of carboxylic acid groups (broad SMARTS) is 1. The zero-order valence-electron chi connectivity index (χ0n) is 8.48. The van der Waals surface area contributed by atoms with Crippen molar-refractivity contribution < 1.29 is 22.7 Å². The molecule has 8 heteroatoms. The number of rotatable bonds is 5. The first-order valence-corrected chi connectivity index (χ1v) is 6.50. The Bertz CT molecular complexity index is 532. The van der Waals surface area contributed by atoms with E-state index in [4.69, 9.17) is 16.7 Å². The van der Waals surface area contributed by atoms with Gasteiger partial charge in [-0.25, -0.2) is 12.8 Å². The number of carboxylic acids is 1. The molecule has 0 unspecified atom stereocenters. The van der Waals surface area contributed by atoms with E-state index in [1.807, 2.05) is 4.72 Å². The third-order valence-corrected chi connectivity index (χ3v) is 3.29. The van der Waals surface area contributed by atoms with Crippen molar-refractivity contribution in [2.24, 2.45) is 0 Å². The number of carbonyl (C=O) groups is 1. The minimum Gasteiger partial charge on any atom is -0.481 e. The van der Waals surface area contributed by atoms with E-state index in [-0.39, 0.29) is 10.7 Å². The largest absolute Gasteiger partial charge is 0.481 e. The van der Waals surface area contributed by atoms with Gasteiger partial charge >= 0.3 is 5.97 Å². The molecule has 0 saturated heterocycles. The molecule has 2 N–H and O–H groups in total. The lowest BCUT2D eigenvalue weighted by Crippen LogP contribution is -2.19. The Morgan fingerprint density at radius 2 is 2.12 bits per heavy atom. The molecule has 5 nitrogen and oxygen atoms in total. The molecule has 0 amide bonds. The summed E-state index contributed by atoms with van der Waals surface area (Å²) in [5.41, 5.74) is -0.264. The van der Waals surface area contributed by atoms with Gasteiger partial charge in [-0.2, -0.15) is 0 Å². The zero-order chi connectivity index (χ0) is 13.1. The van der Waals surface area contributed by atoms with Crippen LogP contribution in [0.25, 0.3) is 0 Å². The van der Waals surface area contributed by atoms with Crippen LogP contribution >= 0.6 is 11.6 Å². The van der Waals surface area contributed by atoms with E-state index in [1.54, 1.807) is 0 Å². The Morgan fingerprint density at radius 3 is 2.65 bits per heavy atom. The quantitative estimate of drug-likeness (QED) is 0.860. The van der Waals surface area contributed by atoms with Crippen LogP contribution in [-0.2, 0) is 14.8 Å². The summed E-state index contributed by atoms with van der Waals surface area (Å²) in [7, 11) is -3.88. The molecule has 0 aliphatic carbocycles. The van der Waals surface area contributed by atoms with E-state index in [0.29, 0.717) is 0 Å². The first kappa shape index (κ1) is 13.7. The molecule has 0 radical (unpaired) electrons. The predicted octanol–water partition coefficient (Wildman–Crippen LogP) is 1.70. The molecule has 0 atom stereocenters. The van der Waals surface area contributed by atoms with Crippen LogP contribution in [0.4, 0.5) is 10.1 Å². The van der Waals surface area contributed by atoms with Gasteiger partial charge in [0, 0.05) is 5.02 Å². The Hall–Kier alpha value is -1.34. The number of sulfonamides is 1. The van der Waals surface area contributed by atoms with Gasteiger partial charge in [-0.15, -0.1) is 0 Å². The van der Waals surface area contributed by atoms with Crippen molar-refractivity contribution in [3.05, 3.63) is 29.0 Å². The summed E-state index contributed by atoms with van der Waals surface area (Å²) >= 11 is 5.50. The molecule has 0 aliphatic heterocycles. The Kier molecular flexibility index (Phi) is 4.30. The first-order chi connectivity index (χ1) is 7.80. The van der Waals surface area contributed by atoms with Crippen molar-refractivity contribution in [2.45, 2.75) is 6.42 Å². The molecule has 0 heterocycles. The molecule has 0 aliphatic rings. The number of anilines is 1. The van der Waals surface area contributed by atoms with Gasteiger partial charge in [-0.3, -0.25) is 9.52 Å². The van der Waals surface area contributed by atoms with Crippen LogP contribution in [0.3, 0.4) is 0 Å². The van der Waals surface area contributed by atoms with E-state index in [2.05, 4.69) is 0 Å². The molecular formula is C9H9ClFNO4S. The summed E-state index contributed by atoms with van der Waals surface area (Å²) in [6, 6.07) is 3.44. The van der Waals surface area contributed by atoms with Gasteiger partial charge in [0.25, 0.3) is 0 Å². The minimum absolute atomic E-state index is 0.135. The van der Waals surface area contributed by atoms with Crippen molar-refractivity contribution in [2.75, 3.05) is 10.5 Å². The highest BCUT2D eigenvalue weighted by molar-refractivity contribution is 7.92. The van der Waals surface area contributed by atoms with Crippen LogP contribution in [-0.4, -0.2) is 25.2 Å². The van der Waals surface area contributed by atoms with Crippen molar-refractivity contribution in [3.8, 4) is 0 Å². The fourth-order valence-corrected chi connectivity index (χ4v) is 2.22. The third-order valence-electron chi connectivity index (χ3n) is 1.78. The van der Waals surface area contributed by atoms with Crippen molar-refractivity contribution in [1.29, 1.82) is 0 Å². The maximum Gasteiger partial charge on any atom is 0.304 e. The number of hydrogen-bond donors (Lipinski definition) is 2. The van der Waals surface area contributed by atoms with Crippen molar-refractivity contribution in [3.63, 3.8) is 0 Å². The highest BCUT2D eigenvalue weighted by Crippen LogP contribution is 2.20. The predicted molar refractivity (Wildman–Crippen MR) is 61.1 cm³/mol. The van der Waals surface area contributed by atoms with Gasteiger partial charge in [-0.1, -0.05) is 11.6 Å². The number of benzene rings is 1. The molecule has 1 rings (SSSR count). The number of halogens is 2. The molecule has 0 fully saturated rings. The first-order valence-electron chi connectivity index (χ1n) is 4.47. The summed E-state index contributed by atoms with van der Waals surface area (Å²) in [5, 5.41) is 8.49. The average Bonchev–Trinajstić information content (AvgIpc) is 2.20. The SMILES string of the molecule is O=C(O)CCS(=O)(=O)Nc1ccc(Cl)cc1F. The number of aliphatic carboxylic acids is 1. The van der Waals surface area contributed by atoms with Crippen LogP contribution in [0, 0.1) is 5.82 Å². The second kappa shape index (κ2) is 5.33. The fraction of sp³-hybridized carbons (Fsp3) is 0.222. The number of nitrogens with one attached hydrogen (secondary N) is 1. The topological polar surface area (TPSA) is 83.5 Å². The van der Waals surface area contributed by atoms with Gasteiger partial charge < -0.3 is 5.11 Å². The van der Waals surface area contributed by atoms with Crippen LogP contribution in [0.15, 0.2) is 18.2 Å². The van der Waals surface area contributed by atoms with E-state index >= 15 is 0 Å². The Labute approximate surface area is 102 Å². The standard InChI is InChI=1S/C9H9ClFNO4S/c10-6-1-2-8(7(11)5-6)12-17(15,16)4-3-9(13)14/h1-2,5,12H,3-4H2,(H,13,14). The Balaban J connectivity index is 2.79. The third kappa shape index (κ3) is 4.58. The number of hydrogen-bond acceptors (Lipinski definition) is 3. The second-order valence-corrected chi connectivity index (χ2v) is 5.47. The fourth-order valence-electron chi connectivity index (χ4n) is 1.01. The normalized spacial score (nSPS) is 11.2. The van der Waals surface area contributed by atoms with Crippen molar-refractivity contribution in [1.82, 2.24) is 0 Å². The van der Waals surface area contributed by atoms with Crippen LogP contribution in [0.2, 0.25) is 5.02 Å². The molecule has 1 aromatic carbocycles. The summed E-state index contributed by atoms with van der Waals surface area (Å²) in [6.07, 6.45) is -0.551. The van der Waals surface area contributed by atoms with E-state index < -0.39 is 34.0 Å². The van der Waals surface area contributed by atoms with E-state index in [9.17, 15) is 17.6 Å². The summed E-state index contributed by atoms with van der Waals surface area (Å²) in [6.45, 7) is 0. The van der Waals surface area contributed by atoms with Gasteiger partial charge in [0.2, 0.25) is 10.0 Å². The van der Waals surface area contributed by atoms with Crippen LogP contribution < -0.4 is 4.72 Å². The van der Waals surface area contributed by atoms with Crippen LogP contribution in [0.5, 0.6) is 0 Å². The smallest absolute Gasteiger partial charge is 0.304 e. The van der Waals surface area contributed by atoms with Crippen molar-refractivity contribution >= 4 is 33.3 Å². The van der Waals surface area contributed by atoms with Gasteiger partial charge in [0.1, 0.15) is 5.82 Å². The molecule has 0 saturated carbocycles. The average molecular weight is 282 g/mol. The maximum atomic E-state index is 13.3. The lowest BCUT2D eigenvalue weighted by molar-refractivity contribution is -0.136. The molecular weight excluding hydrogens is 273 g/mol. The lowest BCUT2D eigenvalue weighted by Gasteiger charge is -2.07. The zero-order valence-corrected chi connectivity index (χ0v) is 10.1. The van der Waals surface area contributed by atoms with Gasteiger partial charge in [-0.05, 0) is 18.2 Å².